The third kappa shape index (κ3) is 1.77. The molecule has 1 rings (SSSR count). The zero-order valence-corrected chi connectivity index (χ0v) is 9.74. The van der Waals surface area contributed by atoms with Crippen molar-refractivity contribution in [2.24, 2.45) is 0 Å². The Kier molecular flexibility index (Phi) is 3.21. The molecule has 0 aliphatic heterocycles. The van der Waals surface area contributed by atoms with E-state index in [4.69, 9.17) is 4.74 Å². The van der Waals surface area contributed by atoms with Crippen molar-refractivity contribution < 1.29 is 9.53 Å². The number of carbonyl (C=O) groups excluding carboxylic acids is 1. The van der Waals surface area contributed by atoms with Crippen LogP contribution in [0.2, 0.25) is 0 Å². The summed E-state index contributed by atoms with van der Waals surface area (Å²) in [5, 5.41) is -0.189. The second-order valence-corrected chi connectivity index (χ2v) is 3.73. The number of aryl methyl sites for hydroxylation is 1. The molecule has 0 bridgehead atoms. The molecular weight excluding hydrogens is 196 g/mol. The van der Waals surface area contributed by atoms with Crippen LogP contribution in [-0.2, 0) is 0 Å². The lowest BCUT2D eigenvalue weighted by Crippen LogP contribution is -2.02. The zero-order valence-electron chi connectivity index (χ0n) is 8.84. The fourth-order valence-corrected chi connectivity index (χ4v) is 1.93. The molecule has 0 aliphatic rings. The van der Waals surface area contributed by atoms with Gasteiger partial charge in [0.05, 0.1) is 7.11 Å². The summed E-state index contributed by atoms with van der Waals surface area (Å²) in [6.45, 7) is 5.74. The van der Waals surface area contributed by atoms with E-state index in [2.05, 4.69) is 12.6 Å². The lowest BCUT2D eigenvalue weighted by Gasteiger charge is -2.13. The molecule has 0 heterocycles. The number of hydrogen-bond donors (Lipinski definition) is 1. The average Bonchev–Trinajstić information content (AvgIpc) is 2.10. The lowest BCUT2D eigenvalue weighted by atomic mass is 9.98. The van der Waals surface area contributed by atoms with Crippen LogP contribution >= 0.6 is 12.6 Å². The maximum Gasteiger partial charge on any atom is 0.216 e. The van der Waals surface area contributed by atoms with Gasteiger partial charge in [0.25, 0.3) is 0 Å². The molecule has 0 radical (unpaired) electrons. The van der Waals surface area contributed by atoms with E-state index in [0.29, 0.717) is 5.56 Å². The first-order valence-corrected chi connectivity index (χ1v) is 4.81. The lowest BCUT2D eigenvalue weighted by molar-refractivity contribution is 0.109. The van der Waals surface area contributed by atoms with Crippen molar-refractivity contribution in [3.63, 3.8) is 0 Å². The van der Waals surface area contributed by atoms with Gasteiger partial charge in [-0.3, -0.25) is 4.79 Å². The summed E-state index contributed by atoms with van der Waals surface area (Å²) in [4.78, 5) is 11.3. The van der Waals surface area contributed by atoms with Gasteiger partial charge in [-0.25, -0.2) is 0 Å². The summed E-state index contributed by atoms with van der Waals surface area (Å²) in [7, 11) is 1.63. The quantitative estimate of drug-likeness (QED) is 0.760. The van der Waals surface area contributed by atoms with Gasteiger partial charge in [-0.2, -0.15) is 0 Å². The van der Waals surface area contributed by atoms with Crippen LogP contribution in [0.1, 0.15) is 27.0 Å². The highest BCUT2D eigenvalue weighted by Crippen LogP contribution is 2.28. The fourth-order valence-electron chi connectivity index (χ4n) is 1.59. The Bertz CT molecular complexity index is 383. The minimum absolute atomic E-state index is 0.189. The largest absolute Gasteiger partial charge is 0.496 e. The van der Waals surface area contributed by atoms with Crippen molar-refractivity contribution in [2.75, 3.05) is 7.11 Å². The molecule has 0 saturated heterocycles. The van der Waals surface area contributed by atoms with Crippen LogP contribution in [0.25, 0.3) is 0 Å². The second kappa shape index (κ2) is 4.05. The molecule has 76 valence electrons. The van der Waals surface area contributed by atoms with Crippen LogP contribution < -0.4 is 4.74 Å². The molecule has 1 aromatic carbocycles. The van der Waals surface area contributed by atoms with E-state index in [1.54, 1.807) is 7.11 Å². The maximum atomic E-state index is 11.3. The van der Waals surface area contributed by atoms with Gasteiger partial charge in [-0.1, -0.05) is 0 Å². The Balaban J connectivity index is 3.49. The molecule has 0 aromatic heterocycles. The topological polar surface area (TPSA) is 26.3 Å². The molecule has 0 saturated carbocycles. The van der Waals surface area contributed by atoms with E-state index >= 15 is 0 Å². The van der Waals surface area contributed by atoms with Crippen molar-refractivity contribution in [2.45, 2.75) is 20.8 Å². The fraction of sp³-hybridized carbons (Fsp3) is 0.364. The second-order valence-electron chi connectivity index (χ2n) is 3.33. The third-order valence-electron chi connectivity index (χ3n) is 2.48. The van der Waals surface area contributed by atoms with Gasteiger partial charge in [-0.15, -0.1) is 12.6 Å². The van der Waals surface area contributed by atoms with Crippen LogP contribution in [-0.4, -0.2) is 12.2 Å². The van der Waals surface area contributed by atoms with Gasteiger partial charge in [-0.05, 0) is 43.5 Å². The number of benzene rings is 1. The Hall–Kier alpha value is -0.960. The van der Waals surface area contributed by atoms with E-state index in [0.717, 1.165) is 22.4 Å². The third-order valence-corrected chi connectivity index (χ3v) is 2.71. The van der Waals surface area contributed by atoms with Crippen LogP contribution in [0, 0.1) is 20.8 Å². The standard InChI is InChI=1S/C11H14O2S/c1-6-5-9(13-4)7(2)8(3)10(6)11(12)14/h5H,1-4H3,(H,12,14). The molecule has 0 fully saturated rings. The summed E-state index contributed by atoms with van der Waals surface area (Å²) >= 11 is 3.86. The Morgan fingerprint density at radius 1 is 1.29 bits per heavy atom. The SMILES string of the molecule is COc1cc(C)c(C(=O)S)c(C)c1C. The maximum absolute atomic E-state index is 11.3. The summed E-state index contributed by atoms with van der Waals surface area (Å²) in [6.07, 6.45) is 0. The molecule has 14 heavy (non-hydrogen) atoms. The van der Waals surface area contributed by atoms with E-state index in [1.165, 1.54) is 0 Å². The minimum Gasteiger partial charge on any atom is -0.496 e. The normalized spacial score (nSPS) is 10.1. The molecule has 2 nitrogen and oxygen atoms in total. The first-order valence-electron chi connectivity index (χ1n) is 4.37. The summed E-state index contributed by atoms with van der Waals surface area (Å²) in [5.41, 5.74) is 3.54. The minimum atomic E-state index is -0.189. The van der Waals surface area contributed by atoms with Crippen molar-refractivity contribution in [3.05, 3.63) is 28.3 Å². The number of rotatable bonds is 2. The molecule has 1 aromatic rings. The average molecular weight is 210 g/mol. The Morgan fingerprint density at radius 2 is 1.86 bits per heavy atom. The van der Waals surface area contributed by atoms with Gasteiger partial charge in [0.15, 0.2) is 0 Å². The zero-order chi connectivity index (χ0) is 10.9. The smallest absolute Gasteiger partial charge is 0.216 e. The van der Waals surface area contributed by atoms with Crippen LogP contribution in [0.15, 0.2) is 6.07 Å². The summed E-state index contributed by atoms with van der Waals surface area (Å²) < 4.78 is 5.21. The van der Waals surface area contributed by atoms with Gasteiger partial charge < -0.3 is 4.74 Å². The number of carbonyl (C=O) groups is 1. The molecule has 0 N–H and O–H groups in total. The van der Waals surface area contributed by atoms with Crippen molar-refractivity contribution in [1.29, 1.82) is 0 Å². The molecule has 0 amide bonds. The molecule has 0 unspecified atom stereocenters. The number of ether oxygens (including phenoxy) is 1. The molecular formula is C11H14O2S. The first kappa shape index (κ1) is 11.1. The van der Waals surface area contributed by atoms with Crippen molar-refractivity contribution >= 4 is 17.7 Å². The molecule has 0 aliphatic carbocycles. The Morgan fingerprint density at radius 3 is 2.29 bits per heavy atom. The first-order chi connectivity index (χ1) is 6.49. The highest BCUT2D eigenvalue weighted by Gasteiger charge is 2.13. The van der Waals surface area contributed by atoms with Gasteiger partial charge in [0, 0.05) is 5.56 Å². The number of thiol groups is 1. The molecule has 3 heteroatoms. The van der Waals surface area contributed by atoms with Crippen molar-refractivity contribution in [3.8, 4) is 5.75 Å². The van der Waals surface area contributed by atoms with Crippen LogP contribution in [0.5, 0.6) is 5.75 Å². The monoisotopic (exact) mass is 210 g/mol. The summed E-state index contributed by atoms with van der Waals surface area (Å²) in [6, 6.07) is 1.87. The molecule has 0 spiro atoms. The van der Waals surface area contributed by atoms with Gasteiger partial charge in [0.2, 0.25) is 5.12 Å². The predicted molar refractivity (Wildman–Crippen MR) is 60.5 cm³/mol. The summed E-state index contributed by atoms with van der Waals surface area (Å²) in [5.74, 6) is 0.818. The Labute approximate surface area is 89.7 Å². The van der Waals surface area contributed by atoms with Gasteiger partial charge in [0.1, 0.15) is 5.75 Å². The highest BCUT2D eigenvalue weighted by molar-refractivity contribution is 7.97. The highest BCUT2D eigenvalue weighted by atomic mass is 32.1. The predicted octanol–water partition coefficient (Wildman–Crippen LogP) is 2.69. The number of hydrogen-bond acceptors (Lipinski definition) is 2. The van der Waals surface area contributed by atoms with E-state index in [9.17, 15) is 4.79 Å². The van der Waals surface area contributed by atoms with Crippen LogP contribution in [0.3, 0.4) is 0 Å². The van der Waals surface area contributed by atoms with E-state index in [-0.39, 0.29) is 5.12 Å². The van der Waals surface area contributed by atoms with Gasteiger partial charge >= 0.3 is 0 Å². The van der Waals surface area contributed by atoms with Crippen molar-refractivity contribution in [1.82, 2.24) is 0 Å². The number of methoxy groups -OCH3 is 1. The van der Waals surface area contributed by atoms with Crippen LogP contribution in [0.4, 0.5) is 0 Å². The van der Waals surface area contributed by atoms with E-state index < -0.39 is 0 Å². The molecule has 0 atom stereocenters. The van der Waals surface area contributed by atoms with E-state index in [1.807, 2.05) is 26.8 Å².